The van der Waals surface area contributed by atoms with Gasteiger partial charge in [-0.1, -0.05) is 30.0 Å². The van der Waals surface area contributed by atoms with Gasteiger partial charge in [0.05, 0.1) is 25.4 Å². The minimum absolute atomic E-state index is 0.00291. The van der Waals surface area contributed by atoms with E-state index in [1.165, 1.54) is 22.5 Å². The highest BCUT2D eigenvalue weighted by molar-refractivity contribution is 7.99. The summed E-state index contributed by atoms with van der Waals surface area (Å²) in [5, 5.41) is 42.5. The van der Waals surface area contributed by atoms with Crippen LogP contribution in [0.15, 0.2) is 23.4 Å². The van der Waals surface area contributed by atoms with E-state index in [0.717, 1.165) is 24.7 Å². The molecule has 1 aromatic carbocycles. The number of aliphatic hydroxyl groups is 3. The van der Waals surface area contributed by atoms with E-state index in [2.05, 4.69) is 32.5 Å². The summed E-state index contributed by atoms with van der Waals surface area (Å²) in [5.41, 5.74) is 1.53. The van der Waals surface area contributed by atoms with E-state index < -0.39 is 36.0 Å². The Morgan fingerprint density at radius 2 is 2.00 bits per heavy atom. The van der Waals surface area contributed by atoms with Crippen LogP contribution in [-0.4, -0.2) is 83.6 Å². The molecule has 3 aromatic rings. The fourth-order valence-electron chi connectivity index (χ4n) is 4.61. The summed E-state index contributed by atoms with van der Waals surface area (Å²) >= 11 is 1.48. The van der Waals surface area contributed by atoms with Gasteiger partial charge in [-0.15, -0.1) is 5.10 Å². The molecule has 2 heterocycles. The van der Waals surface area contributed by atoms with Crippen LogP contribution in [0.25, 0.3) is 11.2 Å². The molecule has 2 aromatic heterocycles. The number of nitrogens with one attached hydrogen (secondary N) is 1. The average molecular weight is 523 g/mol. The van der Waals surface area contributed by atoms with Crippen LogP contribution in [0, 0.1) is 11.6 Å². The van der Waals surface area contributed by atoms with Crippen LogP contribution in [0.1, 0.15) is 43.7 Å². The van der Waals surface area contributed by atoms with Gasteiger partial charge in [-0.3, -0.25) is 0 Å². The van der Waals surface area contributed by atoms with E-state index in [0.29, 0.717) is 27.7 Å². The number of hydrogen-bond acceptors (Lipinski definition) is 10. The topological polar surface area (TPSA) is 138 Å². The number of ether oxygens (including phenoxy) is 1. The van der Waals surface area contributed by atoms with E-state index in [9.17, 15) is 19.0 Å². The van der Waals surface area contributed by atoms with Crippen molar-refractivity contribution in [2.45, 2.75) is 67.7 Å². The van der Waals surface area contributed by atoms with E-state index in [-0.39, 0.29) is 31.6 Å². The molecule has 6 atom stereocenters. The van der Waals surface area contributed by atoms with Crippen molar-refractivity contribution >= 4 is 28.7 Å². The molecule has 2 aliphatic rings. The first-order chi connectivity index (χ1) is 17.4. The van der Waals surface area contributed by atoms with Gasteiger partial charge in [0.2, 0.25) is 0 Å². The van der Waals surface area contributed by atoms with E-state index in [4.69, 9.17) is 9.84 Å². The van der Waals surface area contributed by atoms with Gasteiger partial charge in [0.1, 0.15) is 12.2 Å². The number of benzene rings is 1. The minimum atomic E-state index is -1.15. The van der Waals surface area contributed by atoms with Crippen LogP contribution in [0.2, 0.25) is 0 Å². The Bertz CT molecular complexity index is 1230. The zero-order valence-electron chi connectivity index (χ0n) is 19.6. The Labute approximate surface area is 210 Å². The Morgan fingerprint density at radius 3 is 2.75 bits per heavy atom. The number of halogens is 2. The fourth-order valence-corrected chi connectivity index (χ4v) is 5.31. The molecule has 0 spiro atoms. The van der Waals surface area contributed by atoms with Crippen molar-refractivity contribution in [3.8, 4) is 0 Å². The Balaban J connectivity index is 1.43. The van der Waals surface area contributed by atoms with Gasteiger partial charge >= 0.3 is 0 Å². The maximum Gasteiger partial charge on any atom is 0.191 e. The molecule has 5 rings (SSSR count). The van der Waals surface area contributed by atoms with Gasteiger partial charge in [-0.05, 0) is 30.5 Å². The van der Waals surface area contributed by atoms with Crippen molar-refractivity contribution in [3.63, 3.8) is 0 Å². The van der Waals surface area contributed by atoms with Crippen LogP contribution in [0.4, 0.5) is 14.6 Å². The number of rotatable bonds is 10. The lowest BCUT2D eigenvalue weighted by Crippen LogP contribution is -2.33. The summed E-state index contributed by atoms with van der Waals surface area (Å²) in [7, 11) is 0. The summed E-state index contributed by atoms with van der Waals surface area (Å²) in [6.45, 7) is 1.91. The molecule has 0 saturated heterocycles. The van der Waals surface area contributed by atoms with Crippen LogP contribution in [0.3, 0.4) is 0 Å². The quantitative estimate of drug-likeness (QED) is 0.231. The first-order valence-corrected chi connectivity index (χ1v) is 13.0. The van der Waals surface area contributed by atoms with Crippen molar-refractivity contribution in [2.24, 2.45) is 0 Å². The first kappa shape index (κ1) is 25.2. The third kappa shape index (κ3) is 4.90. The summed E-state index contributed by atoms with van der Waals surface area (Å²) in [5.74, 6) is -0.472. The van der Waals surface area contributed by atoms with E-state index in [1.54, 1.807) is 6.07 Å². The van der Waals surface area contributed by atoms with E-state index in [1.807, 2.05) is 0 Å². The molecule has 2 fully saturated rings. The standard InChI is InChI=1S/C23H28F2N6O4S/c1-2-7-36-23-27-21(26-15-9-12(15)11-3-4-13(24)14(25)8-11)18-22(28-23)31(30-29-18)16-10-17(35-6-5-32)20(34)19(16)33/h3-4,8,12,15-17,19-20,32-34H,2,5-7,9-10H2,1H3,(H,26,27,28)/t12?,15?,16?,17-,19+,20-/m0/s1. The smallest absolute Gasteiger partial charge is 0.191 e. The second-order valence-corrected chi connectivity index (χ2v) is 10.2. The highest BCUT2D eigenvalue weighted by Gasteiger charge is 2.45. The highest BCUT2D eigenvalue weighted by atomic mass is 32.2. The second-order valence-electron chi connectivity index (χ2n) is 9.09. The van der Waals surface area contributed by atoms with Gasteiger partial charge in [-0.2, -0.15) is 0 Å². The van der Waals surface area contributed by atoms with Gasteiger partial charge in [-0.25, -0.2) is 23.4 Å². The van der Waals surface area contributed by atoms with Crippen molar-refractivity contribution in [1.82, 2.24) is 25.0 Å². The summed E-state index contributed by atoms with van der Waals surface area (Å²) in [6.07, 6.45) is -1.04. The number of fused-ring (bicyclic) bond motifs is 1. The predicted octanol–water partition coefficient (Wildman–Crippen LogP) is 2.01. The number of aromatic nitrogens is 5. The molecule has 0 aliphatic heterocycles. The van der Waals surface area contributed by atoms with Gasteiger partial charge in [0, 0.05) is 24.1 Å². The first-order valence-electron chi connectivity index (χ1n) is 12.0. The Morgan fingerprint density at radius 1 is 1.17 bits per heavy atom. The van der Waals surface area contributed by atoms with Gasteiger partial charge < -0.3 is 25.4 Å². The third-order valence-electron chi connectivity index (χ3n) is 6.56. The fraction of sp³-hybridized carbons (Fsp3) is 0.565. The normalized spacial score (nSPS) is 27.6. The number of nitrogens with zero attached hydrogens (tertiary/aromatic N) is 5. The SMILES string of the molecule is CCCSc1nc(NC2CC2c2ccc(F)c(F)c2)c2nnn(C3C[C@H](OCCO)[C@H](O)[C@@H]3O)c2n1. The number of aliphatic hydroxyl groups excluding tert-OH is 3. The molecule has 2 saturated carbocycles. The highest BCUT2D eigenvalue weighted by Crippen LogP contribution is 2.44. The lowest BCUT2D eigenvalue weighted by molar-refractivity contribution is -0.0629. The molecule has 194 valence electrons. The van der Waals surface area contributed by atoms with Crippen LogP contribution < -0.4 is 5.32 Å². The van der Waals surface area contributed by atoms with E-state index >= 15 is 0 Å². The van der Waals surface area contributed by atoms with Crippen molar-refractivity contribution in [3.05, 3.63) is 35.4 Å². The Kier molecular flexibility index (Phi) is 7.35. The monoisotopic (exact) mass is 522 g/mol. The molecule has 36 heavy (non-hydrogen) atoms. The molecule has 0 bridgehead atoms. The molecule has 2 aliphatic carbocycles. The van der Waals surface area contributed by atoms with Crippen LogP contribution >= 0.6 is 11.8 Å². The summed E-state index contributed by atoms with van der Waals surface area (Å²) in [6, 6.07) is 3.26. The number of thioether (sulfide) groups is 1. The van der Waals surface area contributed by atoms with Crippen molar-refractivity contribution in [2.75, 3.05) is 24.3 Å². The lowest BCUT2D eigenvalue weighted by atomic mass is 10.1. The molecule has 4 N–H and O–H groups in total. The van der Waals surface area contributed by atoms with Crippen LogP contribution in [-0.2, 0) is 4.74 Å². The molecular weight excluding hydrogens is 494 g/mol. The molecule has 0 radical (unpaired) electrons. The Hall–Kier alpha value is -2.45. The average Bonchev–Trinajstić information content (AvgIpc) is 3.41. The summed E-state index contributed by atoms with van der Waals surface area (Å²) < 4.78 is 34.0. The molecule has 3 unspecified atom stereocenters. The maximum atomic E-state index is 13.7. The molecule has 13 heteroatoms. The van der Waals surface area contributed by atoms with Crippen molar-refractivity contribution in [1.29, 1.82) is 0 Å². The van der Waals surface area contributed by atoms with Gasteiger partial charge in [0.15, 0.2) is 33.8 Å². The molecule has 0 amide bonds. The minimum Gasteiger partial charge on any atom is -0.394 e. The lowest BCUT2D eigenvalue weighted by Gasteiger charge is -2.17. The second kappa shape index (κ2) is 10.5. The zero-order chi connectivity index (χ0) is 25.4. The largest absolute Gasteiger partial charge is 0.394 e. The van der Waals surface area contributed by atoms with Gasteiger partial charge in [0.25, 0.3) is 0 Å². The number of hydrogen-bond donors (Lipinski definition) is 4. The third-order valence-corrected chi connectivity index (χ3v) is 7.61. The molecule has 10 nitrogen and oxygen atoms in total. The zero-order valence-corrected chi connectivity index (χ0v) is 20.4. The maximum absolute atomic E-state index is 13.7. The summed E-state index contributed by atoms with van der Waals surface area (Å²) in [4.78, 5) is 9.27. The molecular formula is C23H28F2N6O4S. The van der Waals surface area contributed by atoms with Crippen LogP contribution in [0.5, 0.6) is 0 Å². The predicted molar refractivity (Wildman–Crippen MR) is 128 cm³/mol. The van der Waals surface area contributed by atoms with Crippen molar-refractivity contribution < 1.29 is 28.8 Å². The number of anilines is 1.